The third kappa shape index (κ3) is 5.74. The van der Waals surface area contributed by atoms with Crippen LogP contribution in [0.4, 0.5) is 5.69 Å². The monoisotopic (exact) mass is 444 g/mol. The van der Waals surface area contributed by atoms with Crippen LogP contribution in [0.2, 0.25) is 0 Å². The molecule has 1 N–H and O–H groups in total. The normalized spacial score (nSPS) is 15.3. The van der Waals surface area contributed by atoms with Gasteiger partial charge < -0.3 is 0 Å². The summed E-state index contributed by atoms with van der Waals surface area (Å²) < 4.78 is 27.7. The largest absolute Gasteiger partial charge is 0.278 e. The molecule has 1 aliphatic carbocycles. The van der Waals surface area contributed by atoms with E-state index in [9.17, 15) is 23.3 Å². The minimum atomic E-state index is -3.86. The summed E-state index contributed by atoms with van der Waals surface area (Å²) in [5.41, 5.74) is 2.38. The Hall–Kier alpha value is -3.11. The van der Waals surface area contributed by atoms with Crippen molar-refractivity contribution in [2.75, 3.05) is 6.54 Å². The maximum Gasteiger partial charge on any atom is 0.278 e. The van der Waals surface area contributed by atoms with E-state index in [2.05, 4.69) is 10.5 Å². The fourth-order valence-electron chi connectivity index (χ4n) is 3.62. The molecule has 10 heteroatoms. The number of carbonyl (C=O) groups excluding carboxylic acids is 1. The van der Waals surface area contributed by atoms with E-state index >= 15 is 0 Å². The molecule has 1 amide bonds. The lowest BCUT2D eigenvalue weighted by Crippen LogP contribution is -2.46. The van der Waals surface area contributed by atoms with Gasteiger partial charge in [0, 0.05) is 12.1 Å². The van der Waals surface area contributed by atoms with Crippen molar-refractivity contribution >= 4 is 27.8 Å². The highest BCUT2D eigenvalue weighted by atomic mass is 32.2. The van der Waals surface area contributed by atoms with Crippen molar-refractivity contribution in [3.05, 3.63) is 70.3 Å². The fourth-order valence-corrected chi connectivity index (χ4v) is 5.28. The predicted octanol–water partition coefficient (Wildman–Crippen LogP) is 3.07. The minimum Gasteiger partial charge on any atom is -0.272 e. The van der Waals surface area contributed by atoms with Gasteiger partial charge in [-0.25, -0.2) is 13.8 Å². The van der Waals surface area contributed by atoms with Crippen LogP contribution in [-0.4, -0.2) is 42.4 Å². The number of carbonyl (C=O) groups is 1. The van der Waals surface area contributed by atoms with Crippen molar-refractivity contribution in [3.63, 3.8) is 0 Å². The van der Waals surface area contributed by atoms with Gasteiger partial charge in [0.2, 0.25) is 10.0 Å². The van der Waals surface area contributed by atoms with Crippen molar-refractivity contribution in [1.82, 2.24) is 9.73 Å². The van der Waals surface area contributed by atoms with E-state index in [1.54, 1.807) is 24.3 Å². The van der Waals surface area contributed by atoms with Gasteiger partial charge in [-0.2, -0.15) is 9.41 Å². The standard InChI is InChI=1S/C21H24N4O5S/c26-21(23-22-15-17-9-7-8-14-20(17)25(27)28)16-24(18-10-3-1-4-11-18)31(29,30)19-12-5-2-6-13-19/h2,5-9,12-15,18H,1,3-4,10-11,16H2,(H,23,26)/b22-15+. The van der Waals surface area contributed by atoms with Gasteiger partial charge in [0.05, 0.1) is 28.1 Å². The Kier molecular flexibility index (Phi) is 7.48. The number of nitrogens with zero attached hydrogens (tertiary/aromatic N) is 3. The Morgan fingerprint density at radius 2 is 1.74 bits per heavy atom. The van der Waals surface area contributed by atoms with E-state index < -0.39 is 20.9 Å². The summed E-state index contributed by atoms with van der Waals surface area (Å²) in [5.74, 6) is -0.611. The maximum absolute atomic E-state index is 13.2. The van der Waals surface area contributed by atoms with Crippen molar-refractivity contribution in [2.45, 2.75) is 43.0 Å². The first-order valence-electron chi connectivity index (χ1n) is 10.0. The molecule has 1 saturated carbocycles. The number of hydrogen-bond acceptors (Lipinski definition) is 6. The van der Waals surface area contributed by atoms with Crippen LogP contribution in [0.5, 0.6) is 0 Å². The summed E-state index contributed by atoms with van der Waals surface area (Å²) in [5, 5.41) is 14.9. The number of para-hydroxylation sites is 1. The molecule has 0 atom stereocenters. The number of amides is 1. The van der Waals surface area contributed by atoms with Crippen LogP contribution in [-0.2, 0) is 14.8 Å². The summed E-state index contributed by atoms with van der Waals surface area (Å²) in [7, 11) is -3.86. The number of nitrogens with one attached hydrogen (secondary N) is 1. The van der Waals surface area contributed by atoms with Gasteiger partial charge in [-0.05, 0) is 31.0 Å². The number of nitro benzene ring substituents is 1. The molecule has 2 aromatic rings. The molecule has 1 aliphatic rings. The molecule has 0 spiro atoms. The van der Waals surface area contributed by atoms with E-state index in [4.69, 9.17) is 0 Å². The molecule has 0 aliphatic heterocycles. The number of sulfonamides is 1. The van der Waals surface area contributed by atoms with E-state index in [1.807, 2.05) is 0 Å². The fraction of sp³-hybridized carbons (Fsp3) is 0.333. The average Bonchev–Trinajstić information content (AvgIpc) is 2.79. The number of hydrogen-bond donors (Lipinski definition) is 1. The minimum absolute atomic E-state index is 0.136. The van der Waals surface area contributed by atoms with Crippen LogP contribution < -0.4 is 5.43 Å². The lowest BCUT2D eigenvalue weighted by Gasteiger charge is -2.32. The lowest BCUT2D eigenvalue weighted by atomic mass is 9.95. The first kappa shape index (κ1) is 22.6. The van der Waals surface area contributed by atoms with E-state index in [0.29, 0.717) is 12.8 Å². The van der Waals surface area contributed by atoms with Gasteiger partial charge in [0.1, 0.15) is 0 Å². The number of hydrazone groups is 1. The summed E-state index contributed by atoms with van der Waals surface area (Å²) in [6, 6.07) is 13.8. The van der Waals surface area contributed by atoms with Crippen LogP contribution in [0.15, 0.2) is 64.6 Å². The Labute approximate surface area is 181 Å². The topological polar surface area (TPSA) is 122 Å². The molecule has 0 bridgehead atoms. The Balaban J connectivity index is 1.75. The summed E-state index contributed by atoms with van der Waals surface area (Å²) in [4.78, 5) is 23.2. The first-order chi connectivity index (χ1) is 14.9. The molecule has 164 valence electrons. The molecule has 9 nitrogen and oxygen atoms in total. The second-order valence-corrected chi connectivity index (χ2v) is 9.15. The summed E-state index contributed by atoms with van der Waals surface area (Å²) in [6.07, 6.45) is 5.41. The number of rotatable bonds is 8. The number of nitro groups is 1. The van der Waals surface area contributed by atoms with Crippen LogP contribution in [0.25, 0.3) is 0 Å². The molecular formula is C21H24N4O5S. The average molecular weight is 445 g/mol. The second-order valence-electron chi connectivity index (χ2n) is 7.26. The van der Waals surface area contributed by atoms with Crippen molar-refractivity contribution < 1.29 is 18.1 Å². The highest BCUT2D eigenvalue weighted by Crippen LogP contribution is 2.27. The molecular weight excluding hydrogens is 420 g/mol. The second kappa shape index (κ2) is 10.3. The van der Waals surface area contributed by atoms with Crippen LogP contribution in [0, 0.1) is 10.1 Å². The van der Waals surface area contributed by atoms with Gasteiger partial charge in [0.15, 0.2) is 0 Å². The smallest absolute Gasteiger partial charge is 0.272 e. The molecule has 0 unspecified atom stereocenters. The zero-order valence-corrected chi connectivity index (χ0v) is 17.7. The van der Waals surface area contributed by atoms with Crippen molar-refractivity contribution in [1.29, 1.82) is 0 Å². The van der Waals surface area contributed by atoms with Crippen LogP contribution >= 0.6 is 0 Å². The highest BCUT2D eigenvalue weighted by Gasteiger charge is 2.33. The molecule has 0 radical (unpaired) electrons. The summed E-state index contributed by atoms with van der Waals surface area (Å²) in [6.45, 7) is -0.379. The lowest BCUT2D eigenvalue weighted by molar-refractivity contribution is -0.385. The SMILES string of the molecule is O=C(CN(C1CCCCC1)S(=O)(=O)c1ccccc1)N/N=C/c1ccccc1[N+](=O)[O-]. The van der Waals surface area contributed by atoms with Gasteiger partial charge in [-0.3, -0.25) is 14.9 Å². The van der Waals surface area contributed by atoms with E-state index in [1.165, 1.54) is 40.9 Å². The van der Waals surface area contributed by atoms with Crippen LogP contribution in [0.1, 0.15) is 37.7 Å². The molecule has 0 heterocycles. The molecule has 0 saturated heterocycles. The Morgan fingerprint density at radius 1 is 1.10 bits per heavy atom. The molecule has 1 fully saturated rings. The van der Waals surface area contributed by atoms with Gasteiger partial charge in [0.25, 0.3) is 11.6 Å². The van der Waals surface area contributed by atoms with Crippen molar-refractivity contribution in [2.24, 2.45) is 5.10 Å². The maximum atomic E-state index is 13.2. The third-order valence-electron chi connectivity index (χ3n) is 5.16. The van der Waals surface area contributed by atoms with E-state index in [-0.39, 0.29) is 28.7 Å². The van der Waals surface area contributed by atoms with Gasteiger partial charge in [-0.1, -0.05) is 49.6 Å². The molecule has 2 aromatic carbocycles. The van der Waals surface area contributed by atoms with Gasteiger partial charge in [-0.15, -0.1) is 0 Å². The molecule has 31 heavy (non-hydrogen) atoms. The number of benzene rings is 2. The Bertz CT molecular complexity index is 1050. The highest BCUT2D eigenvalue weighted by molar-refractivity contribution is 7.89. The quantitative estimate of drug-likeness (QED) is 0.381. The zero-order chi connectivity index (χ0) is 22.3. The first-order valence-corrected chi connectivity index (χ1v) is 11.5. The molecule has 0 aromatic heterocycles. The van der Waals surface area contributed by atoms with Crippen LogP contribution in [0.3, 0.4) is 0 Å². The van der Waals surface area contributed by atoms with Gasteiger partial charge >= 0.3 is 0 Å². The zero-order valence-electron chi connectivity index (χ0n) is 16.9. The third-order valence-corrected chi connectivity index (χ3v) is 7.07. The van der Waals surface area contributed by atoms with Crippen molar-refractivity contribution in [3.8, 4) is 0 Å². The van der Waals surface area contributed by atoms with E-state index in [0.717, 1.165) is 19.3 Å². The summed E-state index contributed by atoms with van der Waals surface area (Å²) >= 11 is 0. The molecule has 3 rings (SSSR count). The predicted molar refractivity (Wildman–Crippen MR) is 116 cm³/mol. The Morgan fingerprint density at radius 3 is 2.42 bits per heavy atom.